The van der Waals surface area contributed by atoms with Crippen LogP contribution in [0.15, 0.2) is 18.2 Å². The Balaban J connectivity index is 1.30. The molecule has 3 aliphatic rings. The van der Waals surface area contributed by atoms with E-state index in [2.05, 4.69) is 32.0 Å². The molecule has 0 amide bonds. The summed E-state index contributed by atoms with van der Waals surface area (Å²) in [4.78, 5) is 0. The number of unbranched alkanes of at least 4 members (excludes halogenated alkanes) is 1. The van der Waals surface area contributed by atoms with Gasteiger partial charge in [-0.1, -0.05) is 37.1 Å². The van der Waals surface area contributed by atoms with Crippen molar-refractivity contribution in [2.75, 3.05) is 6.61 Å². The van der Waals surface area contributed by atoms with E-state index in [0.717, 1.165) is 30.3 Å². The van der Waals surface area contributed by atoms with Crippen molar-refractivity contribution in [3.8, 4) is 0 Å². The molecule has 1 heteroatoms. The maximum absolute atomic E-state index is 6.16. The quantitative estimate of drug-likeness (QED) is 0.548. The van der Waals surface area contributed by atoms with Gasteiger partial charge in [0.25, 0.3) is 0 Å². The molecule has 0 aliphatic heterocycles. The number of fused-ring (bicyclic) bond motifs is 2. The molecule has 0 spiro atoms. The number of rotatable bonds is 5. The summed E-state index contributed by atoms with van der Waals surface area (Å²) in [6.07, 6.45) is 15.7. The topological polar surface area (TPSA) is 9.23 Å². The second-order valence-corrected chi connectivity index (χ2v) is 9.53. The number of ether oxygens (including phenoxy) is 1. The van der Waals surface area contributed by atoms with Gasteiger partial charge in [0.2, 0.25) is 0 Å². The number of benzene rings is 1. The predicted octanol–water partition coefficient (Wildman–Crippen LogP) is 6.50. The first-order chi connectivity index (χ1) is 12.7. The third-order valence-corrected chi connectivity index (χ3v) is 7.75. The van der Waals surface area contributed by atoms with Crippen LogP contribution in [0.5, 0.6) is 0 Å². The molecule has 3 aliphatic carbocycles. The fourth-order valence-corrected chi connectivity index (χ4v) is 6.17. The van der Waals surface area contributed by atoms with Gasteiger partial charge in [0.1, 0.15) is 0 Å². The van der Waals surface area contributed by atoms with Crippen LogP contribution < -0.4 is 0 Å². The first kappa shape index (κ1) is 18.5. The molecule has 3 unspecified atom stereocenters. The van der Waals surface area contributed by atoms with Gasteiger partial charge in [-0.25, -0.2) is 0 Å². The van der Waals surface area contributed by atoms with E-state index in [1.165, 1.54) is 76.2 Å². The predicted molar refractivity (Wildman–Crippen MR) is 110 cm³/mol. The van der Waals surface area contributed by atoms with Crippen LogP contribution in [0.3, 0.4) is 0 Å². The molecule has 2 fully saturated rings. The van der Waals surface area contributed by atoms with Crippen LogP contribution in [0.2, 0.25) is 0 Å². The van der Waals surface area contributed by atoms with E-state index >= 15 is 0 Å². The molecular weight excluding hydrogens is 316 g/mol. The average Bonchev–Trinajstić information content (AvgIpc) is 2.67. The SMILES string of the molecule is CCCCO[C@@H]1CC[C@@H]2CC(C3CCc4cc(C)ccc4C3)CCC2C1. The molecule has 5 atom stereocenters. The van der Waals surface area contributed by atoms with Gasteiger partial charge in [-0.15, -0.1) is 0 Å². The highest BCUT2D eigenvalue weighted by molar-refractivity contribution is 5.33. The highest BCUT2D eigenvalue weighted by Crippen LogP contribution is 2.47. The van der Waals surface area contributed by atoms with E-state index in [1.54, 1.807) is 11.1 Å². The first-order valence-corrected chi connectivity index (χ1v) is 11.4. The standard InChI is InChI=1S/C25H38O/c1-3-4-13-26-25-12-11-23-16-22(9-10-24(23)17-25)21-8-7-19-14-18(2)5-6-20(19)15-21/h5-6,14,21-25H,3-4,7-13,15-17H2,1-2H3/t21?,22?,23-,24?,25-/m1/s1. The molecule has 0 bridgehead atoms. The van der Waals surface area contributed by atoms with Crippen molar-refractivity contribution in [1.29, 1.82) is 0 Å². The normalized spacial score (nSPS) is 34.2. The summed E-state index contributed by atoms with van der Waals surface area (Å²) in [6.45, 7) is 5.48. The van der Waals surface area contributed by atoms with Gasteiger partial charge >= 0.3 is 0 Å². The van der Waals surface area contributed by atoms with E-state index < -0.39 is 0 Å². The Bertz CT molecular complexity index is 592. The Labute approximate surface area is 160 Å². The molecule has 0 heterocycles. The minimum atomic E-state index is 0.573. The summed E-state index contributed by atoms with van der Waals surface area (Å²) in [5.41, 5.74) is 4.72. The van der Waals surface area contributed by atoms with E-state index in [9.17, 15) is 0 Å². The summed E-state index contributed by atoms with van der Waals surface area (Å²) in [5.74, 6) is 3.90. The zero-order chi connectivity index (χ0) is 17.9. The smallest absolute Gasteiger partial charge is 0.0578 e. The van der Waals surface area contributed by atoms with Gasteiger partial charge < -0.3 is 4.74 Å². The zero-order valence-corrected chi connectivity index (χ0v) is 17.0. The Morgan fingerprint density at radius 3 is 2.50 bits per heavy atom. The van der Waals surface area contributed by atoms with E-state index in [4.69, 9.17) is 4.74 Å². The fraction of sp³-hybridized carbons (Fsp3) is 0.760. The van der Waals surface area contributed by atoms with Gasteiger partial charge in [-0.05, 0) is 106 Å². The second-order valence-electron chi connectivity index (χ2n) is 9.53. The highest BCUT2D eigenvalue weighted by Gasteiger charge is 2.38. The van der Waals surface area contributed by atoms with Crippen LogP contribution >= 0.6 is 0 Å². The molecule has 0 saturated heterocycles. The third-order valence-electron chi connectivity index (χ3n) is 7.75. The second kappa shape index (κ2) is 8.46. The lowest BCUT2D eigenvalue weighted by molar-refractivity contribution is -0.0247. The van der Waals surface area contributed by atoms with Gasteiger partial charge in [-0.3, -0.25) is 0 Å². The van der Waals surface area contributed by atoms with Gasteiger partial charge in [0.05, 0.1) is 6.10 Å². The number of hydrogen-bond donors (Lipinski definition) is 0. The van der Waals surface area contributed by atoms with Crippen LogP contribution in [0.4, 0.5) is 0 Å². The molecule has 1 aromatic carbocycles. The lowest BCUT2D eigenvalue weighted by Gasteiger charge is -2.45. The van der Waals surface area contributed by atoms with E-state index in [1.807, 2.05) is 0 Å². The molecule has 1 aromatic rings. The Morgan fingerprint density at radius 1 is 0.885 bits per heavy atom. The Morgan fingerprint density at radius 2 is 1.65 bits per heavy atom. The van der Waals surface area contributed by atoms with Gasteiger partial charge in [0, 0.05) is 6.61 Å². The monoisotopic (exact) mass is 354 g/mol. The molecule has 0 aromatic heterocycles. The summed E-state index contributed by atoms with van der Waals surface area (Å²) >= 11 is 0. The van der Waals surface area contributed by atoms with Crippen molar-refractivity contribution in [1.82, 2.24) is 0 Å². The molecular formula is C25H38O. The molecule has 1 nitrogen and oxygen atoms in total. The Kier molecular flexibility index (Phi) is 6.03. The van der Waals surface area contributed by atoms with Gasteiger partial charge in [0.15, 0.2) is 0 Å². The maximum Gasteiger partial charge on any atom is 0.0578 e. The molecule has 26 heavy (non-hydrogen) atoms. The summed E-state index contributed by atoms with van der Waals surface area (Å²) < 4.78 is 6.16. The van der Waals surface area contributed by atoms with Crippen molar-refractivity contribution in [2.45, 2.75) is 90.6 Å². The highest BCUT2D eigenvalue weighted by atomic mass is 16.5. The lowest BCUT2D eigenvalue weighted by Crippen LogP contribution is -2.37. The first-order valence-electron chi connectivity index (χ1n) is 11.4. The van der Waals surface area contributed by atoms with Crippen molar-refractivity contribution in [3.05, 3.63) is 34.9 Å². The summed E-state index contributed by atoms with van der Waals surface area (Å²) in [5, 5.41) is 0. The van der Waals surface area contributed by atoms with E-state index in [-0.39, 0.29) is 0 Å². The van der Waals surface area contributed by atoms with Crippen molar-refractivity contribution < 1.29 is 4.74 Å². The third kappa shape index (κ3) is 4.19. The molecule has 0 radical (unpaired) electrons. The van der Waals surface area contributed by atoms with Gasteiger partial charge in [-0.2, -0.15) is 0 Å². The van der Waals surface area contributed by atoms with Crippen LogP contribution in [-0.2, 0) is 17.6 Å². The fourth-order valence-electron chi connectivity index (χ4n) is 6.17. The molecule has 2 saturated carbocycles. The Hall–Kier alpha value is -0.820. The van der Waals surface area contributed by atoms with Crippen LogP contribution in [0.25, 0.3) is 0 Å². The summed E-state index contributed by atoms with van der Waals surface area (Å²) in [6, 6.07) is 7.17. The molecule has 0 N–H and O–H groups in total. The maximum atomic E-state index is 6.16. The van der Waals surface area contributed by atoms with Crippen LogP contribution in [0.1, 0.15) is 81.4 Å². The van der Waals surface area contributed by atoms with Crippen molar-refractivity contribution >= 4 is 0 Å². The zero-order valence-electron chi connectivity index (χ0n) is 17.0. The van der Waals surface area contributed by atoms with Crippen molar-refractivity contribution in [2.24, 2.45) is 23.7 Å². The summed E-state index contributed by atoms with van der Waals surface area (Å²) in [7, 11) is 0. The molecule has 4 rings (SSSR count). The van der Waals surface area contributed by atoms with Crippen LogP contribution in [0, 0.1) is 30.6 Å². The lowest BCUT2D eigenvalue weighted by atomic mass is 9.62. The van der Waals surface area contributed by atoms with Crippen molar-refractivity contribution in [3.63, 3.8) is 0 Å². The minimum absolute atomic E-state index is 0.573. The van der Waals surface area contributed by atoms with E-state index in [0.29, 0.717) is 6.10 Å². The van der Waals surface area contributed by atoms with Crippen LogP contribution in [-0.4, -0.2) is 12.7 Å². The molecule has 144 valence electrons. The largest absolute Gasteiger partial charge is 0.378 e. The average molecular weight is 355 g/mol. The number of hydrogen-bond acceptors (Lipinski definition) is 1. The number of aryl methyl sites for hydroxylation is 2. The minimum Gasteiger partial charge on any atom is -0.378 e.